The van der Waals surface area contributed by atoms with Crippen molar-refractivity contribution in [2.75, 3.05) is 26.2 Å². The summed E-state index contributed by atoms with van der Waals surface area (Å²) in [5.41, 5.74) is 0.613. The highest BCUT2D eigenvalue weighted by Gasteiger charge is 2.45. The van der Waals surface area contributed by atoms with Crippen LogP contribution in [-0.4, -0.2) is 69.6 Å². The zero-order valence-corrected chi connectivity index (χ0v) is 16.2. The molecule has 5 rings (SSSR count). The van der Waals surface area contributed by atoms with Crippen molar-refractivity contribution in [3.63, 3.8) is 0 Å². The SMILES string of the molecule is O=C(N1CC(OCc2ccc(C(F)(F)F)cc2F)C1)N1C[C@@H]2c3n[nH]nc3CO[C@@H]2C1. The monoisotopic (exact) mass is 441 g/mol. The highest BCUT2D eigenvalue weighted by atomic mass is 19.4. The van der Waals surface area contributed by atoms with Gasteiger partial charge in [0, 0.05) is 18.7 Å². The fourth-order valence-electron chi connectivity index (χ4n) is 4.16. The van der Waals surface area contributed by atoms with E-state index in [1.165, 1.54) is 0 Å². The van der Waals surface area contributed by atoms with Crippen LogP contribution in [0.4, 0.5) is 22.4 Å². The summed E-state index contributed by atoms with van der Waals surface area (Å²) >= 11 is 0. The number of nitrogens with one attached hydrogen (secondary N) is 1. The Balaban J connectivity index is 1.11. The van der Waals surface area contributed by atoms with Gasteiger partial charge in [0.15, 0.2) is 0 Å². The number of fused-ring (bicyclic) bond motifs is 3. The minimum atomic E-state index is -4.59. The molecule has 2 atom stereocenters. The lowest BCUT2D eigenvalue weighted by atomic mass is 9.98. The van der Waals surface area contributed by atoms with E-state index in [2.05, 4.69) is 15.4 Å². The number of carbonyl (C=O) groups excluding carboxylic acids is 1. The van der Waals surface area contributed by atoms with E-state index in [9.17, 15) is 22.4 Å². The predicted octanol–water partition coefficient (Wildman–Crippen LogP) is 2.28. The van der Waals surface area contributed by atoms with Gasteiger partial charge in [0.05, 0.1) is 55.7 Å². The Morgan fingerprint density at radius 2 is 1.97 bits per heavy atom. The third-order valence-electron chi connectivity index (χ3n) is 5.95. The highest BCUT2D eigenvalue weighted by molar-refractivity contribution is 5.76. The zero-order chi connectivity index (χ0) is 21.8. The number of likely N-dealkylation sites (tertiary alicyclic amines) is 2. The summed E-state index contributed by atoms with van der Waals surface area (Å²) in [7, 11) is 0. The average molecular weight is 441 g/mol. The normalized spacial score (nSPS) is 23.5. The smallest absolute Gasteiger partial charge is 0.370 e. The van der Waals surface area contributed by atoms with Gasteiger partial charge in [-0.3, -0.25) is 0 Å². The van der Waals surface area contributed by atoms with Crippen molar-refractivity contribution < 1.29 is 31.8 Å². The highest BCUT2D eigenvalue weighted by Crippen LogP contribution is 2.35. The number of aromatic nitrogens is 3. The van der Waals surface area contributed by atoms with E-state index in [0.717, 1.165) is 23.5 Å². The molecule has 3 aliphatic heterocycles. The van der Waals surface area contributed by atoms with E-state index >= 15 is 0 Å². The van der Waals surface area contributed by atoms with E-state index < -0.39 is 17.6 Å². The van der Waals surface area contributed by atoms with Gasteiger partial charge in [-0.1, -0.05) is 6.07 Å². The number of halogens is 4. The number of carbonyl (C=O) groups is 1. The van der Waals surface area contributed by atoms with Crippen LogP contribution in [0.25, 0.3) is 0 Å². The number of aromatic amines is 1. The standard InChI is InChI=1S/C19H19F4N5O3/c20-14-3-11(19(21,22)23)2-1-10(14)8-30-12-4-27(5-12)18(29)28-6-13-16(7-28)31-9-15-17(13)25-26-24-15/h1-3,12-13,16H,4-9H2,(H,24,25,26)/t13-,16+/m0/s1. The lowest BCUT2D eigenvalue weighted by Crippen LogP contribution is -2.58. The molecule has 4 heterocycles. The maximum Gasteiger partial charge on any atom is 0.416 e. The Labute approximate surface area is 174 Å². The van der Waals surface area contributed by atoms with Gasteiger partial charge in [-0.25, -0.2) is 9.18 Å². The first-order valence-electron chi connectivity index (χ1n) is 9.82. The van der Waals surface area contributed by atoms with Gasteiger partial charge in [-0.05, 0) is 12.1 Å². The van der Waals surface area contributed by atoms with Crippen LogP contribution < -0.4 is 0 Å². The molecule has 0 radical (unpaired) electrons. The second-order valence-electron chi connectivity index (χ2n) is 7.94. The quantitative estimate of drug-likeness (QED) is 0.739. The summed E-state index contributed by atoms with van der Waals surface area (Å²) in [5.74, 6) is -0.976. The Morgan fingerprint density at radius 3 is 2.71 bits per heavy atom. The largest absolute Gasteiger partial charge is 0.416 e. The van der Waals surface area contributed by atoms with Crippen molar-refractivity contribution in [1.82, 2.24) is 25.2 Å². The third-order valence-corrected chi connectivity index (χ3v) is 5.95. The number of hydrogen-bond acceptors (Lipinski definition) is 5. The topological polar surface area (TPSA) is 83.6 Å². The molecule has 0 spiro atoms. The van der Waals surface area contributed by atoms with Crippen molar-refractivity contribution in [2.45, 2.75) is 37.5 Å². The first-order chi connectivity index (χ1) is 14.8. The fraction of sp³-hybridized carbons (Fsp3) is 0.526. The molecule has 2 saturated heterocycles. The number of alkyl halides is 3. The Kier molecular flexibility index (Phi) is 4.85. The van der Waals surface area contributed by atoms with Gasteiger partial charge in [0.25, 0.3) is 0 Å². The van der Waals surface area contributed by atoms with Gasteiger partial charge >= 0.3 is 12.2 Å². The maximum absolute atomic E-state index is 13.9. The van der Waals surface area contributed by atoms with Crippen LogP contribution in [-0.2, 0) is 28.9 Å². The van der Waals surface area contributed by atoms with Gasteiger partial charge in [-0.15, -0.1) is 0 Å². The van der Waals surface area contributed by atoms with Crippen molar-refractivity contribution in [3.8, 4) is 0 Å². The van der Waals surface area contributed by atoms with E-state index in [-0.39, 0.29) is 36.3 Å². The molecule has 1 aromatic heterocycles. The molecule has 1 N–H and O–H groups in total. The van der Waals surface area contributed by atoms with E-state index in [1.807, 2.05) is 0 Å². The molecule has 3 aliphatic rings. The lowest BCUT2D eigenvalue weighted by molar-refractivity contribution is -0.137. The van der Waals surface area contributed by atoms with Crippen LogP contribution in [0.3, 0.4) is 0 Å². The number of urea groups is 1. The number of rotatable bonds is 3. The number of nitrogens with zero attached hydrogens (tertiary/aromatic N) is 4. The summed E-state index contributed by atoms with van der Waals surface area (Å²) in [6.45, 7) is 1.84. The number of ether oxygens (including phenoxy) is 2. The van der Waals surface area contributed by atoms with Crippen LogP contribution in [0.15, 0.2) is 18.2 Å². The molecule has 0 saturated carbocycles. The van der Waals surface area contributed by atoms with Gasteiger partial charge in [0.2, 0.25) is 0 Å². The number of amides is 2. The number of H-pyrrole nitrogens is 1. The van der Waals surface area contributed by atoms with Crippen LogP contribution in [0.5, 0.6) is 0 Å². The number of hydrogen-bond donors (Lipinski definition) is 1. The minimum Gasteiger partial charge on any atom is -0.370 e. The molecule has 12 heteroatoms. The molecule has 0 bridgehead atoms. The zero-order valence-electron chi connectivity index (χ0n) is 16.2. The van der Waals surface area contributed by atoms with Crippen molar-refractivity contribution >= 4 is 6.03 Å². The molecule has 0 unspecified atom stereocenters. The van der Waals surface area contributed by atoms with Crippen molar-refractivity contribution in [1.29, 1.82) is 0 Å². The van der Waals surface area contributed by atoms with Crippen molar-refractivity contribution in [2.24, 2.45) is 0 Å². The van der Waals surface area contributed by atoms with E-state index in [4.69, 9.17) is 9.47 Å². The molecular weight excluding hydrogens is 422 g/mol. The predicted molar refractivity (Wildman–Crippen MR) is 96.2 cm³/mol. The minimum absolute atomic E-state index is 0.0116. The molecule has 8 nitrogen and oxygen atoms in total. The summed E-state index contributed by atoms with van der Waals surface area (Å²) in [4.78, 5) is 16.1. The van der Waals surface area contributed by atoms with Crippen LogP contribution >= 0.6 is 0 Å². The van der Waals surface area contributed by atoms with Crippen LogP contribution in [0.1, 0.15) is 28.4 Å². The van der Waals surface area contributed by atoms with Crippen molar-refractivity contribution in [3.05, 3.63) is 46.5 Å². The molecule has 2 aromatic rings. The molecule has 0 aliphatic carbocycles. The summed E-state index contributed by atoms with van der Waals surface area (Å²) in [6.07, 6.45) is -5.01. The Bertz CT molecular complexity index is 991. The molecular formula is C19H19F4N5O3. The van der Waals surface area contributed by atoms with E-state index in [0.29, 0.717) is 38.9 Å². The molecule has 166 valence electrons. The Hall–Kier alpha value is -2.73. The molecule has 2 amide bonds. The van der Waals surface area contributed by atoms with E-state index in [1.54, 1.807) is 9.80 Å². The molecule has 31 heavy (non-hydrogen) atoms. The summed E-state index contributed by atoms with van der Waals surface area (Å²) in [5, 5.41) is 10.8. The second-order valence-corrected chi connectivity index (χ2v) is 7.94. The first kappa shape index (κ1) is 20.2. The fourth-order valence-corrected chi connectivity index (χ4v) is 4.16. The van der Waals surface area contributed by atoms with Gasteiger partial charge in [0.1, 0.15) is 11.5 Å². The van der Waals surface area contributed by atoms with Crippen LogP contribution in [0.2, 0.25) is 0 Å². The lowest BCUT2D eigenvalue weighted by Gasteiger charge is -2.40. The second kappa shape index (κ2) is 7.45. The summed E-state index contributed by atoms with van der Waals surface area (Å²) < 4.78 is 63.1. The molecule has 1 aromatic carbocycles. The van der Waals surface area contributed by atoms with Crippen LogP contribution in [0, 0.1) is 5.82 Å². The summed E-state index contributed by atoms with van der Waals surface area (Å²) in [6, 6.07) is 2.23. The molecule has 2 fully saturated rings. The Morgan fingerprint density at radius 1 is 1.19 bits per heavy atom. The maximum atomic E-state index is 13.9. The number of benzene rings is 1. The van der Waals surface area contributed by atoms with Gasteiger partial charge < -0.3 is 19.3 Å². The first-order valence-corrected chi connectivity index (χ1v) is 9.82. The third kappa shape index (κ3) is 3.74. The average Bonchev–Trinajstić information content (AvgIpc) is 3.32. The van der Waals surface area contributed by atoms with Gasteiger partial charge in [-0.2, -0.15) is 28.6 Å².